The zero-order valence-electron chi connectivity index (χ0n) is 12.1. The van der Waals surface area contributed by atoms with Crippen LogP contribution in [0.5, 0.6) is 5.75 Å². The van der Waals surface area contributed by atoms with Crippen molar-refractivity contribution >= 4 is 0 Å². The Morgan fingerprint density at radius 2 is 2.00 bits per heavy atom. The van der Waals surface area contributed by atoms with Gasteiger partial charge in [0.25, 0.3) is 0 Å². The fourth-order valence-corrected chi connectivity index (χ4v) is 1.67. The molecule has 3 nitrogen and oxygen atoms in total. The second-order valence-electron chi connectivity index (χ2n) is 5.27. The minimum atomic E-state index is -0.118. The molecule has 0 saturated heterocycles. The Balaban J connectivity index is 2.72. The summed E-state index contributed by atoms with van der Waals surface area (Å²) in [5.41, 5.74) is 1.07. The molecule has 3 heteroatoms. The first-order valence-electron chi connectivity index (χ1n) is 6.50. The molecule has 1 aromatic carbocycles. The van der Waals surface area contributed by atoms with E-state index in [-0.39, 0.29) is 11.6 Å². The van der Waals surface area contributed by atoms with Gasteiger partial charge in [-0.2, -0.15) is 0 Å². The fourth-order valence-electron chi connectivity index (χ4n) is 1.67. The third-order valence-corrected chi connectivity index (χ3v) is 2.60. The van der Waals surface area contributed by atoms with Crippen molar-refractivity contribution in [1.82, 2.24) is 5.32 Å². The highest BCUT2D eigenvalue weighted by atomic mass is 16.5. The van der Waals surface area contributed by atoms with Crippen LogP contribution in [-0.4, -0.2) is 25.9 Å². The van der Waals surface area contributed by atoms with Crippen LogP contribution in [0.4, 0.5) is 0 Å². The van der Waals surface area contributed by atoms with Crippen molar-refractivity contribution in [3.63, 3.8) is 0 Å². The van der Waals surface area contributed by atoms with Gasteiger partial charge in [-0.25, -0.2) is 0 Å². The summed E-state index contributed by atoms with van der Waals surface area (Å²) < 4.78 is 11.4. The lowest BCUT2D eigenvalue weighted by Gasteiger charge is -2.24. The summed E-state index contributed by atoms with van der Waals surface area (Å²) in [6.45, 7) is 9.52. The molecule has 0 aromatic heterocycles. The van der Waals surface area contributed by atoms with Crippen molar-refractivity contribution in [2.45, 2.75) is 39.3 Å². The van der Waals surface area contributed by atoms with Gasteiger partial charge >= 0.3 is 0 Å². The van der Waals surface area contributed by atoms with E-state index in [4.69, 9.17) is 9.47 Å². The molecule has 0 bridgehead atoms. The molecule has 0 aliphatic rings. The van der Waals surface area contributed by atoms with Crippen LogP contribution in [0.3, 0.4) is 0 Å². The largest absolute Gasteiger partial charge is 0.494 e. The van der Waals surface area contributed by atoms with E-state index < -0.39 is 0 Å². The minimum absolute atomic E-state index is 0.118. The molecule has 0 aliphatic carbocycles. The first-order valence-corrected chi connectivity index (χ1v) is 6.50. The van der Waals surface area contributed by atoms with E-state index >= 15 is 0 Å². The topological polar surface area (TPSA) is 30.5 Å². The fraction of sp³-hybridized carbons (Fsp3) is 0.600. The highest BCUT2D eigenvalue weighted by Gasteiger charge is 2.16. The van der Waals surface area contributed by atoms with E-state index in [1.54, 1.807) is 0 Å². The Bertz CT molecular complexity index is 358. The van der Waals surface area contributed by atoms with Crippen molar-refractivity contribution in [2.24, 2.45) is 0 Å². The number of nitrogens with one attached hydrogen (secondary N) is 1. The minimum Gasteiger partial charge on any atom is -0.494 e. The average molecular weight is 251 g/mol. The lowest BCUT2D eigenvalue weighted by Crippen LogP contribution is -2.28. The van der Waals surface area contributed by atoms with Crippen LogP contribution in [0.1, 0.15) is 39.3 Å². The standard InChI is InChI=1S/C15H25NO2/c1-6-17-13-9-7-8-12(10-13)14(16-5)11-18-15(2,3)4/h7-10,14,16H,6,11H2,1-5H3. The number of likely N-dealkylation sites (N-methyl/N-ethyl adjacent to an activating group) is 1. The van der Waals surface area contributed by atoms with Crippen LogP contribution in [0.15, 0.2) is 24.3 Å². The van der Waals surface area contributed by atoms with Crippen LogP contribution in [0, 0.1) is 0 Å². The van der Waals surface area contributed by atoms with Gasteiger partial charge in [-0.3, -0.25) is 0 Å². The van der Waals surface area contributed by atoms with E-state index in [1.807, 2.05) is 26.1 Å². The van der Waals surface area contributed by atoms with E-state index in [0.717, 1.165) is 5.75 Å². The molecule has 1 unspecified atom stereocenters. The molecule has 1 N–H and O–H groups in total. The molecular weight excluding hydrogens is 226 g/mol. The van der Waals surface area contributed by atoms with E-state index in [9.17, 15) is 0 Å². The maximum absolute atomic E-state index is 5.83. The van der Waals surface area contributed by atoms with Crippen LogP contribution in [-0.2, 0) is 4.74 Å². The summed E-state index contributed by atoms with van der Waals surface area (Å²) in [4.78, 5) is 0. The van der Waals surface area contributed by atoms with Gasteiger partial charge in [0.1, 0.15) is 5.75 Å². The zero-order chi connectivity index (χ0) is 13.6. The lowest BCUT2D eigenvalue weighted by molar-refractivity contribution is -0.0139. The van der Waals surface area contributed by atoms with Gasteiger partial charge in [0.15, 0.2) is 0 Å². The van der Waals surface area contributed by atoms with Crippen molar-refractivity contribution in [2.75, 3.05) is 20.3 Å². The summed E-state index contributed by atoms with van der Waals surface area (Å²) in [5, 5.41) is 3.28. The number of benzene rings is 1. The van der Waals surface area contributed by atoms with Gasteiger partial charge in [0, 0.05) is 0 Å². The third kappa shape index (κ3) is 5.07. The second kappa shape index (κ2) is 6.76. The number of hydrogen-bond donors (Lipinski definition) is 1. The molecule has 0 heterocycles. The Morgan fingerprint density at radius 3 is 2.56 bits per heavy atom. The van der Waals surface area contributed by atoms with Gasteiger partial charge in [0.05, 0.1) is 24.9 Å². The van der Waals surface area contributed by atoms with Crippen LogP contribution >= 0.6 is 0 Å². The predicted molar refractivity (Wildman–Crippen MR) is 75.1 cm³/mol. The molecule has 1 rings (SSSR count). The first kappa shape index (κ1) is 15.0. The molecule has 102 valence electrons. The van der Waals surface area contributed by atoms with E-state index in [0.29, 0.717) is 13.2 Å². The average Bonchev–Trinajstić information content (AvgIpc) is 2.29. The summed E-state index contributed by atoms with van der Waals surface area (Å²) >= 11 is 0. The Kier molecular flexibility index (Phi) is 5.63. The molecular formula is C15H25NO2. The number of ether oxygens (including phenoxy) is 2. The normalized spacial score (nSPS) is 13.4. The predicted octanol–water partition coefficient (Wildman–Crippen LogP) is 3.16. The zero-order valence-corrected chi connectivity index (χ0v) is 12.1. The van der Waals surface area contributed by atoms with Gasteiger partial charge in [-0.15, -0.1) is 0 Å². The highest BCUT2D eigenvalue weighted by Crippen LogP contribution is 2.21. The van der Waals surface area contributed by atoms with Gasteiger partial charge in [-0.05, 0) is 52.4 Å². The Morgan fingerprint density at radius 1 is 1.28 bits per heavy atom. The molecule has 0 fully saturated rings. The molecule has 0 aliphatic heterocycles. The Hall–Kier alpha value is -1.06. The van der Waals surface area contributed by atoms with Crippen molar-refractivity contribution in [3.8, 4) is 5.75 Å². The summed E-state index contributed by atoms with van der Waals surface area (Å²) in [5.74, 6) is 0.908. The first-order chi connectivity index (χ1) is 8.46. The van der Waals surface area contributed by atoms with Gasteiger partial charge < -0.3 is 14.8 Å². The van der Waals surface area contributed by atoms with Crippen molar-refractivity contribution in [1.29, 1.82) is 0 Å². The molecule has 18 heavy (non-hydrogen) atoms. The number of hydrogen-bond acceptors (Lipinski definition) is 3. The molecule has 1 aromatic rings. The Labute approximate surface area is 110 Å². The molecule has 0 spiro atoms. The lowest BCUT2D eigenvalue weighted by atomic mass is 10.1. The quantitative estimate of drug-likeness (QED) is 0.842. The SMILES string of the molecule is CCOc1cccc(C(COC(C)(C)C)NC)c1. The van der Waals surface area contributed by atoms with Crippen LogP contribution < -0.4 is 10.1 Å². The number of rotatable bonds is 6. The van der Waals surface area contributed by atoms with Gasteiger partial charge in [0.2, 0.25) is 0 Å². The van der Waals surface area contributed by atoms with Crippen molar-refractivity contribution < 1.29 is 9.47 Å². The third-order valence-electron chi connectivity index (χ3n) is 2.60. The van der Waals surface area contributed by atoms with Crippen LogP contribution in [0.2, 0.25) is 0 Å². The summed E-state index contributed by atoms with van der Waals surface area (Å²) in [6, 6.07) is 8.34. The molecule has 0 saturated carbocycles. The summed E-state index contributed by atoms with van der Waals surface area (Å²) in [6.07, 6.45) is 0. The van der Waals surface area contributed by atoms with Crippen molar-refractivity contribution in [3.05, 3.63) is 29.8 Å². The van der Waals surface area contributed by atoms with Gasteiger partial charge in [-0.1, -0.05) is 12.1 Å². The summed E-state index contributed by atoms with van der Waals surface area (Å²) in [7, 11) is 1.95. The smallest absolute Gasteiger partial charge is 0.119 e. The molecule has 0 radical (unpaired) electrons. The molecule has 1 atom stereocenters. The highest BCUT2D eigenvalue weighted by molar-refractivity contribution is 5.30. The van der Waals surface area contributed by atoms with E-state index in [2.05, 4.69) is 38.2 Å². The maximum Gasteiger partial charge on any atom is 0.119 e. The monoisotopic (exact) mass is 251 g/mol. The van der Waals surface area contributed by atoms with Crippen LogP contribution in [0.25, 0.3) is 0 Å². The maximum atomic E-state index is 5.83. The van der Waals surface area contributed by atoms with E-state index in [1.165, 1.54) is 5.56 Å². The second-order valence-corrected chi connectivity index (χ2v) is 5.27. The molecule has 0 amide bonds.